The van der Waals surface area contributed by atoms with Crippen LogP contribution in [0.25, 0.3) is 10.9 Å². The van der Waals surface area contributed by atoms with Crippen LogP contribution in [0, 0.1) is 30.4 Å². The number of methoxy groups -OCH3 is 2. The lowest BCUT2D eigenvalue weighted by Crippen LogP contribution is -2.35. The fraction of sp³-hybridized carbons (Fsp3) is 0.407. The first-order chi connectivity index (χ1) is 17.4. The molecular weight excluding hydrogens is 482 g/mol. The van der Waals surface area contributed by atoms with Gasteiger partial charge in [0.2, 0.25) is 0 Å². The summed E-state index contributed by atoms with van der Waals surface area (Å²) in [4.78, 5) is 18.5. The zero-order valence-electron chi connectivity index (χ0n) is 21.7. The Bertz CT molecular complexity index is 1400. The number of nitrogens with two attached hydrogens (primary N) is 1. The molecule has 1 saturated heterocycles. The highest BCUT2D eigenvalue weighted by Gasteiger charge is 2.32. The van der Waals surface area contributed by atoms with E-state index < -0.39 is 22.8 Å². The van der Waals surface area contributed by atoms with Gasteiger partial charge in [-0.2, -0.15) is 0 Å². The van der Waals surface area contributed by atoms with Gasteiger partial charge in [-0.15, -0.1) is 0 Å². The summed E-state index contributed by atoms with van der Waals surface area (Å²) in [6.45, 7) is 8.33. The van der Waals surface area contributed by atoms with Gasteiger partial charge in [-0.25, -0.2) is 18.6 Å². The number of rotatable bonds is 3. The molecule has 0 aliphatic carbocycles. The maximum absolute atomic E-state index is 14.9. The Morgan fingerprint density at radius 3 is 2.41 bits per heavy atom. The van der Waals surface area contributed by atoms with Gasteiger partial charge < -0.3 is 29.4 Å². The molecule has 0 radical (unpaired) electrons. The van der Waals surface area contributed by atoms with E-state index in [-0.39, 0.29) is 29.5 Å². The molecule has 196 valence electrons. The fourth-order valence-corrected chi connectivity index (χ4v) is 4.45. The van der Waals surface area contributed by atoms with Gasteiger partial charge in [0.25, 0.3) is 0 Å². The second-order valence-electron chi connectivity index (χ2n) is 9.90. The second kappa shape index (κ2) is 9.81. The van der Waals surface area contributed by atoms with E-state index in [0.717, 1.165) is 17.1 Å². The van der Waals surface area contributed by atoms with Crippen LogP contribution in [0.5, 0.6) is 11.5 Å². The predicted octanol–water partition coefficient (Wildman–Crippen LogP) is 4.80. The van der Waals surface area contributed by atoms with Crippen LogP contribution < -0.4 is 15.2 Å². The normalized spacial score (nSPS) is 15.5. The zero-order valence-corrected chi connectivity index (χ0v) is 21.7. The Morgan fingerprint density at radius 1 is 1.16 bits per heavy atom. The van der Waals surface area contributed by atoms with Crippen molar-refractivity contribution in [2.45, 2.75) is 45.8 Å². The molecule has 1 amide bonds. The van der Waals surface area contributed by atoms with Gasteiger partial charge in [-0.05, 0) is 39.7 Å². The minimum absolute atomic E-state index is 0.0727. The van der Waals surface area contributed by atoms with Crippen LogP contribution in [0.1, 0.15) is 49.9 Å². The van der Waals surface area contributed by atoms with Crippen molar-refractivity contribution in [3.8, 4) is 23.3 Å². The Balaban J connectivity index is 1.78. The third kappa shape index (κ3) is 4.99. The van der Waals surface area contributed by atoms with Crippen molar-refractivity contribution in [1.82, 2.24) is 14.5 Å². The molecule has 3 heterocycles. The topological polar surface area (TPSA) is 91.8 Å². The molecule has 0 saturated carbocycles. The zero-order chi connectivity index (χ0) is 27.1. The third-order valence-electron chi connectivity index (χ3n) is 6.16. The maximum atomic E-state index is 14.9. The van der Waals surface area contributed by atoms with Crippen LogP contribution in [0.4, 0.5) is 19.4 Å². The first-order valence-electron chi connectivity index (χ1n) is 11.8. The van der Waals surface area contributed by atoms with Gasteiger partial charge in [0.05, 0.1) is 36.7 Å². The maximum Gasteiger partial charge on any atom is 0.410 e. The van der Waals surface area contributed by atoms with Crippen molar-refractivity contribution in [2.24, 2.45) is 0 Å². The number of ether oxygens (including phenoxy) is 3. The molecule has 1 aromatic carbocycles. The van der Waals surface area contributed by atoms with Crippen molar-refractivity contribution < 1.29 is 27.8 Å². The van der Waals surface area contributed by atoms with Gasteiger partial charge in [0.1, 0.15) is 17.0 Å². The molecule has 37 heavy (non-hydrogen) atoms. The summed E-state index contributed by atoms with van der Waals surface area (Å²) in [6.07, 6.45) is 3.77. The van der Waals surface area contributed by atoms with E-state index >= 15 is 0 Å². The average Bonchev–Trinajstić information content (AvgIpc) is 3.46. The summed E-state index contributed by atoms with van der Waals surface area (Å²) in [5.74, 6) is 3.50. The monoisotopic (exact) mass is 512 g/mol. The molecule has 3 aromatic rings. The van der Waals surface area contributed by atoms with Crippen LogP contribution in [0.3, 0.4) is 0 Å². The number of hydrogen-bond acceptors (Lipinski definition) is 6. The molecule has 0 unspecified atom stereocenters. The van der Waals surface area contributed by atoms with Crippen molar-refractivity contribution in [3.05, 3.63) is 46.8 Å². The average molecular weight is 513 g/mol. The summed E-state index contributed by atoms with van der Waals surface area (Å²) in [5.41, 5.74) is 7.28. The number of benzene rings is 1. The van der Waals surface area contributed by atoms with Crippen LogP contribution >= 0.6 is 0 Å². The molecule has 2 N–H and O–H groups in total. The number of amides is 1. The molecular formula is C27H30F2N4O4. The van der Waals surface area contributed by atoms with E-state index in [1.165, 1.54) is 14.2 Å². The summed E-state index contributed by atoms with van der Waals surface area (Å²) < 4.78 is 47.3. The number of pyridine rings is 1. The standard InChI is InChI=1S/C27H30F2N4O4/c1-15-12-31-25(30)21-16(7-8-18-22(28)19(35-5)11-20(36-6)23(18)29)13-33(24(15)21)17-9-10-32(14-17)26(34)37-27(2,3)4/h11-13,17H,9-10,14H2,1-6H3,(H2,30,31)/t17-/m0/s1. The number of aromatic nitrogens is 2. The van der Waals surface area contributed by atoms with Crippen molar-refractivity contribution in [2.75, 3.05) is 33.0 Å². The number of halogens is 2. The van der Waals surface area contributed by atoms with Crippen molar-refractivity contribution >= 4 is 22.8 Å². The largest absolute Gasteiger partial charge is 0.493 e. The summed E-state index contributed by atoms with van der Waals surface area (Å²) in [7, 11) is 2.55. The molecule has 1 aliphatic rings. The minimum Gasteiger partial charge on any atom is -0.493 e. The highest BCUT2D eigenvalue weighted by Crippen LogP contribution is 2.35. The van der Waals surface area contributed by atoms with E-state index in [9.17, 15) is 13.6 Å². The van der Waals surface area contributed by atoms with Gasteiger partial charge in [0.15, 0.2) is 23.1 Å². The van der Waals surface area contributed by atoms with E-state index in [0.29, 0.717) is 30.5 Å². The van der Waals surface area contributed by atoms with Gasteiger partial charge in [-0.1, -0.05) is 11.8 Å². The predicted molar refractivity (Wildman–Crippen MR) is 136 cm³/mol. The number of hydrogen-bond donors (Lipinski definition) is 1. The lowest BCUT2D eigenvalue weighted by Gasteiger charge is -2.24. The molecule has 1 aliphatic heterocycles. The highest BCUT2D eigenvalue weighted by atomic mass is 19.1. The highest BCUT2D eigenvalue weighted by molar-refractivity contribution is 5.96. The molecule has 0 bridgehead atoms. The quantitative estimate of drug-likeness (QED) is 0.507. The Labute approximate surface area is 214 Å². The number of nitrogen functional groups attached to an aromatic ring is 1. The first kappa shape index (κ1) is 26.1. The number of nitrogens with zero attached hydrogens (tertiary/aromatic N) is 3. The molecule has 1 fully saturated rings. The minimum atomic E-state index is -0.928. The van der Waals surface area contributed by atoms with Crippen LogP contribution in [-0.2, 0) is 4.74 Å². The summed E-state index contributed by atoms with van der Waals surface area (Å²) in [6, 6.07) is 1.06. The third-order valence-corrected chi connectivity index (χ3v) is 6.16. The van der Waals surface area contributed by atoms with E-state index in [1.807, 2.05) is 32.3 Å². The lowest BCUT2D eigenvalue weighted by atomic mass is 10.1. The first-order valence-corrected chi connectivity index (χ1v) is 11.8. The number of carbonyl (C=O) groups excluding carboxylic acids is 1. The lowest BCUT2D eigenvalue weighted by molar-refractivity contribution is 0.0289. The molecule has 10 heteroatoms. The smallest absolute Gasteiger partial charge is 0.410 e. The summed E-state index contributed by atoms with van der Waals surface area (Å²) in [5, 5.41) is 0.582. The fourth-order valence-electron chi connectivity index (χ4n) is 4.45. The molecule has 0 spiro atoms. The molecule has 4 rings (SSSR count). The number of likely N-dealkylation sites (tertiary alicyclic amines) is 1. The van der Waals surface area contributed by atoms with Gasteiger partial charge in [0, 0.05) is 31.5 Å². The van der Waals surface area contributed by atoms with Crippen molar-refractivity contribution in [1.29, 1.82) is 0 Å². The van der Waals surface area contributed by atoms with E-state index in [4.69, 9.17) is 19.9 Å². The Hall–Kier alpha value is -4.00. The summed E-state index contributed by atoms with van der Waals surface area (Å²) >= 11 is 0. The Kier molecular flexibility index (Phi) is 6.91. The van der Waals surface area contributed by atoms with Crippen molar-refractivity contribution in [3.63, 3.8) is 0 Å². The number of anilines is 1. The number of fused-ring (bicyclic) bond motifs is 1. The molecule has 1 atom stereocenters. The van der Waals surface area contributed by atoms with Gasteiger partial charge in [-0.3, -0.25) is 0 Å². The van der Waals surface area contributed by atoms with Crippen LogP contribution in [-0.4, -0.2) is 53.5 Å². The van der Waals surface area contributed by atoms with Crippen LogP contribution in [0.2, 0.25) is 0 Å². The number of carbonyl (C=O) groups is 1. The van der Waals surface area contributed by atoms with E-state index in [2.05, 4.69) is 16.8 Å². The van der Waals surface area contributed by atoms with Gasteiger partial charge >= 0.3 is 6.09 Å². The SMILES string of the molecule is COc1cc(OC)c(F)c(C#Cc2cn([C@H]3CCN(C(=O)OC(C)(C)C)C3)c3c(C)cnc(N)c23)c1F. The van der Waals surface area contributed by atoms with Crippen LogP contribution in [0.15, 0.2) is 18.5 Å². The Morgan fingerprint density at radius 2 is 1.81 bits per heavy atom. The number of aryl methyl sites for hydroxylation is 1. The molecule has 8 nitrogen and oxygen atoms in total. The molecule has 2 aromatic heterocycles. The second-order valence-corrected chi connectivity index (χ2v) is 9.90. The van der Waals surface area contributed by atoms with E-state index in [1.54, 1.807) is 17.3 Å².